The number of aryl methyl sites for hydroxylation is 1. The van der Waals surface area contributed by atoms with Crippen molar-refractivity contribution in [2.24, 2.45) is 0 Å². The van der Waals surface area contributed by atoms with Crippen LogP contribution in [0.4, 0.5) is 5.69 Å². The molecule has 0 bridgehead atoms. The normalized spacial score (nSPS) is 11.4. The maximum atomic E-state index is 11.8. The first kappa shape index (κ1) is 14.3. The van der Waals surface area contributed by atoms with Crippen molar-refractivity contribution >= 4 is 38.3 Å². The lowest BCUT2D eigenvalue weighted by atomic mass is 10.2. The molecule has 0 saturated heterocycles. The van der Waals surface area contributed by atoms with Crippen LogP contribution in [0, 0.1) is 17.0 Å². The van der Waals surface area contributed by atoms with Crippen LogP contribution in [0.5, 0.6) is 0 Å². The van der Waals surface area contributed by atoms with Gasteiger partial charge in [0.15, 0.2) is 0 Å². The Bertz CT molecular complexity index is 530. The topological polar surface area (TPSA) is 89.3 Å². The highest BCUT2D eigenvalue weighted by molar-refractivity contribution is 14.1. The summed E-state index contributed by atoms with van der Waals surface area (Å²) in [6, 6.07) is 3.79. The third-order valence-corrected chi connectivity index (χ3v) is 4.20. The summed E-state index contributed by atoms with van der Waals surface area (Å²) in [4.78, 5) is 9.94. The van der Waals surface area contributed by atoms with Crippen LogP contribution >= 0.6 is 22.6 Å². The minimum atomic E-state index is -3.67. The predicted octanol–water partition coefficient (Wildman–Crippen LogP) is 1.62. The van der Waals surface area contributed by atoms with Crippen molar-refractivity contribution in [3.63, 3.8) is 0 Å². The summed E-state index contributed by atoms with van der Waals surface area (Å²) in [5.41, 5.74) is 0.252. The molecule has 0 fully saturated rings. The van der Waals surface area contributed by atoms with Crippen LogP contribution in [0.25, 0.3) is 0 Å². The molecule has 0 unspecified atom stereocenters. The van der Waals surface area contributed by atoms with Crippen molar-refractivity contribution < 1.29 is 13.3 Å². The van der Waals surface area contributed by atoms with Gasteiger partial charge in [0.25, 0.3) is 5.69 Å². The summed E-state index contributed by atoms with van der Waals surface area (Å²) in [5, 5.41) is 10.6. The Labute approximate surface area is 113 Å². The maximum absolute atomic E-state index is 11.8. The van der Waals surface area contributed by atoms with E-state index in [2.05, 4.69) is 4.72 Å². The van der Waals surface area contributed by atoms with Crippen molar-refractivity contribution in [1.29, 1.82) is 0 Å². The van der Waals surface area contributed by atoms with Gasteiger partial charge in [0.05, 0.1) is 9.82 Å². The third kappa shape index (κ3) is 3.61. The molecule has 0 spiro atoms. The molecule has 1 aromatic carbocycles. The molecule has 0 aliphatic rings. The quantitative estimate of drug-likeness (QED) is 0.369. The second-order valence-electron chi connectivity index (χ2n) is 3.29. The molecular formula is C9H11IN2O4S. The fourth-order valence-electron chi connectivity index (χ4n) is 1.24. The van der Waals surface area contributed by atoms with E-state index >= 15 is 0 Å². The number of nitro benzene ring substituents is 1. The molecule has 0 aliphatic heterocycles. The molecule has 1 rings (SSSR count). The summed E-state index contributed by atoms with van der Waals surface area (Å²) in [5.74, 6) is 0. The van der Waals surface area contributed by atoms with Gasteiger partial charge in [-0.1, -0.05) is 28.7 Å². The van der Waals surface area contributed by atoms with Crippen LogP contribution in [0.15, 0.2) is 23.1 Å². The highest BCUT2D eigenvalue weighted by Crippen LogP contribution is 2.21. The van der Waals surface area contributed by atoms with E-state index in [-0.39, 0.29) is 10.6 Å². The van der Waals surface area contributed by atoms with E-state index in [1.54, 1.807) is 6.92 Å². The van der Waals surface area contributed by atoms with Crippen molar-refractivity contribution in [3.05, 3.63) is 33.9 Å². The zero-order chi connectivity index (χ0) is 13.1. The summed E-state index contributed by atoms with van der Waals surface area (Å²) in [7, 11) is -3.67. The average Bonchev–Trinajstić information content (AvgIpc) is 2.26. The van der Waals surface area contributed by atoms with E-state index in [9.17, 15) is 18.5 Å². The molecule has 6 nitrogen and oxygen atoms in total. The summed E-state index contributed by atoms with van der Waals surface area (Å²) in [6.45, 7) is 1.90. The molecule has 1 N–H and O–H groups in total. The van der Waals surface area contributed by atoms with E-state index in [4.69, 9.17) is 0 Å². The van der Waals surface area contributed by atoms with Crippen LogP contribution < -0.4 is 4.72 Å². The molecule has 0 heterocycles. The number of rotatable bonds is 5. The average molecular weight is 370 g/mol. The molecule has 94 valence electrons. The minimum absolute atomic E-state index is 0.0449. The highest BCUT2D eigenvalue weighted by Gasteiger charge is 2.19. The molecule has 0 radical (unpaired) electrons. The molecule has 0 saturated carbocycles. The lowest BCUT2D eigenvalue weighted by Gasteiger charge is -2.07. The lowest BCUT2D eigenvalue weighted by Crippen LogP contribution is -2.26. The number of benzene rings is 1. The van der Waals surface area contributed by atoms with Gasteiger partial charge in [-0.05, 0) is 12.5 Å². The number of nitrogens with one attached hydrogen (secondary N) is 1. The maximum Gasteiger partial charge on any atom is 0.270 e. The Morgan fingerprint density at radius 3 is 2.65 bits per heavy atom. The zero-order valence-corrected chi connectivity index (χ0v) is 12.0. The van der Waals surface area contributed by atoms with Crippen LogP contribution in [0.1, 0.15) is 5.56 Å². The van der Waals surface area contributed by atoms with Crippen molar-refractivity contribution in [2.45, 2.75) is 11.8 Å². The Kier molecular flexibility index (Phi) is 4.83. The SMILES string of the molecule is Cc1ccc([N+](=O)[O-])cc1S(=O)(=O)NCCI. The van der Waals surface area contributed by atoms with Gasteiger partial charge in [0.2, 0.25) is 10.0 Å². The number of sulfonamides is 1. The van der Waals surface area contributed by atoms with Crippen LogP contribution in [-0.2, 0) is 10.0 Å². The van der Waals surface area contributed by atoms with E-state index in [0.717, 1.165) is 6.07 Å². The molecule has 1 aromatic rings. The van der Waals surface area contributed by atoms with Gasteiger partial charge in [-0.3, -0.25) is 10.1 Å². The Morgan fingerprint density at radius 2 is 2.12 bits per heavy atom. The van der Waals surface area contributed by atoms with Gasteiger partial charge in [-0.2, -0.15) is 0 Å². The van der Waals surface area contributed by atoms with E-state index in [1.165, 1.54) is 12.1 Å². The zero-order valence-electron chi connectivity index (χ0n) is 9.01. The van der Waals surface area contributed by atoms with Crippen LogP contribution in [-0.4, -0.2) is 24.3 Å². The summed E-state index contributed by atoms with van der Waals surface area (Å²) < 4.78 is 26.7. The number of nitro groups is 1. The van der Waals surface area contributed by atoms with Gasteiger partial charge in [-0.15, -0.1) is 0 Å². The standard InChI is InChI=1S/C9H11IN2O4S/c1-7-2-3-8(12(13)14)6-9(7)17(15,16)11-5-4-10/h2-3,6,11H,4-5H2,1H3. The summed E-state index contributed by atoms with van der Waals surface area (Å²) >= 11 is 2.04. The third-order valence-electron chi connectivity index (χ3n) is 2.06. The van der Waals surface area contributed by atoms with Crippen molar-refractivity contribution in [3.8, 4) is 0 Å². The van der Waals surface area contributed by atoms with Gasteiger partial charge in [0, 0.05) is 23.1 Å². The summed E-state index contributed by atoms with van der Waals surface area (Å²) in [6.07, 6.45) is 0. The Balaban J connectivity index is 3.20. The molecule has 17 heavy (non-hydrogen) atoms. The van der Waals surface area contributed by atoms with Gasteiger partial charge < -0.3 is 0 Å². The number of hydrogen-bond acceptors (Lipinski definition) is 4. The van der Waals surface area contributed by atoms with E-state index in [1.807, 2.05) is 22.6 Å². The fourth-order valence-corrected chi connectivity index (χ4v) is 3.17. The fraction of sp³-hybridized carbons (Fsp3) is 0.333. The molecular weight excluding hydrogens is 359 g/mol. The molecule has 0 atom stereocenters. The first-order valence-corrected chi connectivity index (χ1v) is 7.70. The number of alkyl halides is 1. The first-order valence-electron chi connectivity index (χ1n) is 4.69. The van der Waals surface area contributed by atoms with Crippen LogP contribution in [0.3, 0.4) is 0 Å². The second kappa shape index (κ2) is 5.74. The number of halogens is 1. The molecule has 8 heteroatoms. The highest BCUT2D eigenvalue weighted by atomic mass is 127. The predicted molar refractivity (Wildman–Crippen MR) is 71.9 cm³/mol. The molecule has 0 aromatic heterocycles. The first-order chi connectivity index (χ1) is 7.88. The lowest BCUT2D eigenvalue weighted by molar-refractivity contribution is -0.385. The minimum Gasteiger partial charge on any atom is -0.258 e. The van der Waals surface area contributed by atoms with Gasteiger partial charge >= 0.3 is 0 Å². The number of non-ortho nitro benzene ring substituents is 1. The van der Waals surface area contributed by atoms with Gasteiger partial charge in [-0.25, -0.2) is 13.1 Å². The second-order valence-corrected chi connectivity index (χ2v) is 6.11. The van der Waals surface area contributed by atoms with E-state index < -0.39 is 14.9 Å². The monoisotopic (exact) mass is 370 g/mol. The Morgan fingerprint density at radius 1 is 1.47 bits per heavy atom. The van der Waals surface area contributed by atoms with Gasteiger partial charge in [0.1, 0.15) is 0 Å². The number of nitrogens with zero attached hydrogens (tertiary/aromatic N) is 1. The smallest absolute Gasteiger partial charge is 0.258 e. The van der Waals surface area contributed by atoms with Crippen LogP contribution in [0.2, 0.25) is 0 Å². The van der Waals surface area contributed by atoms with Crippen molar-refractivity contribution in [1.82, 2.24) is 4.72 Å². The number of hydrogen-bond donors (Lipinski definition) is 1. The van der Waals surface area contributed by atoms with E-state index in [0.29, 0.717) is 16.5 Å². The molecule has 0 amide bonds. The largest absolute Gasteiger partial charge is 0.270 e. The van der Waals surface area contributed by atoms with Crippen molar-refractivity contribution in [2.75, 3.05) is 11.0 Å². The Hall–Kier alpha value is -0.740. The molecule has 0 aliphatic carbocycles.